The summed E-state index contributed by atoms with van der Waals surface area (Å²) in [6.45, 7) is 2.26. The van der Waals surface area contributed by atoms with E-state index in [1.165, 1.54) is 47.0 Å². The minimum absolute atomic E-state index is 0.0590. The summed E-state index contributed by atoms with van der Waals surface area (Å²) in [6, 6.07) is 0.238. The summed E-state index contributed by atoms with van der Waals surface area (Å²) in [7, 11) is 0. The predicted molar refractivity (Wildman–Crippen MR) is 100 cm³/mol. The first kappa shape index (κ1) is 16.8. The third kappa shape index (κ3) is 3.24. The largest absolute Gasteiger partial charge is 0.352 e. The van der Waals surface area contributed by atoms with Gasteiger partial charge in [0.2, 0.25) is 5.91 Å². The molecule has 2 atom stereocenters. The Morgan fingerprint density at radius 1 is 1.28 bits per heavy atom. The average molecular weight is 359 g/mol. The lowest BCUT2D eigenvalue weighted by Crippen LogP contribution is -2.43. The fourth-order valence-electron chi connectivity index (χ4n) is 4.23. The van der Waals surface area contributed by atoms with Crippen molar-refractivity contribution in [1.82, 2.24) is 14.9 Å². The molecule has 5 nitrogen and oxygen atoms in total. The van der Waals surface area contributed by atoms with Crippen LogP contribution in [-0.4, -0.2) is 21.5 Å². The van der Waals surface area contributed by atoms with Crippen LogP contribution in [0.3, 0.4) is 0 Å². The first-order chi connectivity index (χ1) is 12.1. The van der Waals surface area contributed by atoms with Gasteiger partial charge in [0.25, 0.3) is 5.56 Å². The van der Waals surface area contributed by atoms with Gasteiger partial charge in [-0.2, -0.15) is 0 Å². The summed E-state index contributed by atoms with van der Waals surface area (Å²) >= 11 is 1.65. The van der Waals surface area contributed by atoms with E-state index in [-0.39, 0.29) is 24.1 Å². The highest BCUT2D eigenvalue weighted by Crippen LogP contribution is 2.33. The molecule has 1 saturated carbocycles. The Morgan fingerprint density at radius 2 is 2.08 bits per heavy atom. The molecule has 2 aromatic heterocycles. The molecule has 2 unspecified atom stereocenters. The Labute approximate surface area is 151 Å². The monoisotopic (exact) mass is 359 g/mol. The van der Waals surface area contributed by atoms with Crippen LogP contribution in [0.25, 0.3) is 10.2 Å². The van der Waals surface area contributed by atoms with Crippen LogP contribution < -0.4 is 10.9 Å². The smallest absolute Gasteiger partial charge is 0.262 e. The minimum Gasteiger partial charge on any atom is -0.352 e. The highest BCUT2D eigenvalue weighted by molar-refractivity contribution is 7.18. The number of thiophene rings is 1. The topological polar surface area (TPSA) is 64.0 Å². The van der Waals surface area contributed by atoms with Gasteiger partial charge in [-0.15, -0.1) is 11.3 Å². The SMILES string of the molecule is CC1CCCCC1NC(=O)Cn1cnc2sc3c(c2c1=O)CCCC3. The molecule has 1 N–H and O–H groups in total. The first-order valence-electron chi connectivity index (χ1n) is 9.42. The molecule has 0 saturated heterocycles. The number of hydrogen-bond acceptors (Lipinski definition) is 4. The molecule has 0 bridgehead atoms. The van der Waals surface area contributed by atoms with Crippen LogP contribution in [0.15, 0.2) is 11.1 Å². The third-order valence-electron chi connectivity index (χ3n) is 5.71. The molecule has 2 aliphatic rings. The molecule has 0 radical (unpaired) electrons. The molecule has 2 heterocycles. The van der Waals surface area contributed by atoms with Gasteiger partial charge < -0.3 is 5.32 Å². The molecule has 2 aliphatic carbocycles. The number of hydrogen-bond donors (Lipinski definition) is 1. The lowest BCUT2D eigenvalue weighted by atomic mass is 9.86. The molecule has 2 aromatic rings. The highest BCUT2D eigenvalue weighted by Gasteiger charge is 2.24. The maximum Gasteiger partial charge on any atom is 0.262 e. The Bertz CT molecular complexity index is 854. The number of nitrogens with one attached hydrogen (secondary N) is 1. The number of fused-ring (bicyclic) bond motifs is 3. The normalized spacial score (nSPS) is 23.4. The molecule has 4 rings (SSSR count). The highest BCUT2D eigenvalue weighted by atomic mass is 32.1. The maximum absolute atomic E-state index is 12.9. The van der Waals surface area contributed by atoms with E-state index >= 15 is 0 Å². The zero-order chi connectivity index (χ0) is 17.4. The van der Waals surface area contributed by atoms with Crippen LogP contribution in [0.5, 0.6) is 0 Å². The van der Waals surface area contributed by atoms with Crippen LogP contribution >= 0.6 is 11.3 Å². The van der Waals surface area contributed by atoms with Gasteiger partial charge in [0.1, 0.15) is 11.4 Å². The van der Waals surface area contributed by atoms with E-state index in [1.54, 1.807) is 11.3 Å². The second-order valence-electron chi connectivity index (χ2n) is 7.50. The van der Waals surface area contributed by atoms with E-state index in [0.717, 1.165) is 35.9 Å². The van der Waals surface area contributed by atoms with Crippen molar-refractivity contribution in [1.29, 1.82) is 0 Å². The third-order valence-corrected chi connectivity index (χ3v) is 6.91. The Hall–Kier alpha value is -1.69. The van der Waals surface area contributed by atoms with Crippen LogP contribution in [0.1, 0.15) is 55.9 Å². The van der Waals surface area contributed by atoms with Crippen molar-refractivity contribution < 1.29 is 4.79 Å². The van der Waals surface area contributed by atoms with Crippen molar-refractivity contribution in [3.63, 3.8) is 0 Å². The van der Waals surface area contributed by atoms with E-state index in [4.69, 9.17) is 0 Å². The van der Waals surface area contributed by atoms with Crippen molar-refractivity contribution in [3.05, 3.63) is 27.1 Å². The Kier molecular flexibility index (Phi) is 4.63. The number of rotatable bonds is 3. The Morgan fingerprint density at radius 3 is 2.92 bits per heavy atom. The molecular formula is C19H25N3O2S. The van der Waals surface area contributed by atoms with Gasteiger partial charge in [0.05, 0.1) is 11.7 Å². The van der Waals surface area contributed by atoms with E-state index in [2.05, 4.69) is 17.2 Å². The molecule has 0 aromatic carbocycles. The molecule has 1 fully saturated rings. The van der Waals surface area contributed by atoms with E-state index in [9.17, 15) is 9.59 Å². The van der Waals surface area contributed by atoms with Crippen LogP contribution in [0.4, 0.5) is 0 Å². The van der Waals surface area contributed by atoms with E-state index < -0.39 is 0 Å². The number of carbonyl (C=O) groups is 1. The molecule has 0 aliphatic heterocycles. The van der Waals surface area contributed by atoms with E-state index in [0.29, 0.717) is 5.92 Å². The number of aromatic nitrogens is 2. The fourth-order valence-corrected chi connectivity index (χ4v) is 5.45. The second-order valence-corrected chi connectivity index (χ2v) is 8.59. The summed E-state index contributed by atoms with van der Waals surface area (Å²) in [5, 5.41) is 3.88. The quantitative estimate of drug-likeness (QED) is 0.916. The van der Waals surface area contributed by atoms with Gasteiger partial charge in [-0.1, -0.05) is 19.8 Å². The molecule has 1 amide bonds. The predicted octanol–water partition coefficient (Wildman–Crippen LogP) is 3.03. The summed E-state index contributed by atoms with van der Waals surface area (Å²) in [5.41, 5.74) is 1.12. The molecule has 6 heteroatoms. The van der Waals surface area contributed by atoms with Gasteiger partial charge in [-0.05, 0) is 50.0 Å². The number of aryl methyl sites for hydroxylation is 2. The lowest BCUT2D eigenvalue weighted by Gasteiger charge is -2.29. The van der Waals surface area contributed by atoms with Crippen molar-refractivity contribution in [3.8, 4) is 0 Å². The van der Waals surface area contributed by atoms with Gasteiger partial charge in [0, 0.05) is 10.9 Å². The zero-order valence-corrected chi connectivity index (χ0v) is 15.5. The van der Waals surface area contributed by atoms with E-state index in [1.807, 2.05) is 0 Å². The summed E-state index contributed by atoms with van der Waals surface area (Å²) in [5.74, 6) is 0.435. The summed E-state index contributed by atoms with van der Waals surface area (Å²) < 4.78 is 1.48. The Balaban J connectivity index is 1.56. The minimum atomic E-state index is -0.0777. The molecule has 25 heavy (non-hydrogen) atoms. The van der Waals surface area contributed by atoms with Crippen molar-refractivity contribution >= 4 is 27.5 Å². The number of carbonyl (C=O) groups excluding carboxylic acids is 1. The summed E-state index contributed by atoms with van der Waals surface area (Å²) in [4.78, 5) is 31.9. The fraction of sp³-hybridized carbons (Fsp3) is 0.632. The average Bonchev–Trinajstić information content (AvgIpc) is 2.99. The lowest BCUT2D eigenvalue weighted by molar-refractivity contribution is -0.123. The van der Waals surface area contributed by atoms with Gasteiger partial charge in [-0.25, -0.2) is 4.98 Å². The summed E-state index contributed by atoms with van der Waals surface area (Å²) in [6.07, 6.45) is 10.5. The van der Waals surface area contributed by atoms with Crippen LogP contribution in [-0.2, 0) is 24.2 Å². The van der Waals surface area contributed by atoms with Gasteiger partial charge in [-0.3, -0.25) is 14.2 Å². The van der Waals surface area contributed by atoms with Crippen molar-refractivity contribution in [2.24, 2.45) is 5.92 Å². The molecular weight excluding hydrogens is 334 g/mol. The van der Waals surface area contributed by atoms with Crippen molar-refractivity contribution in [2.45, 2.75) is 70.9 Å². The molecule has 134 valence electrons. The van der Waals surface area contributed by atoms with Gasteiger partial charge >= 0.3 is 0 Å². The first-order valence-corrected chi connectivity index (χ1v) is 10.2. The maximum atomic E-state index is 12.9. The number of amides is 1. The van der Waals surface area contributed by atoms with Gasteiger partial charge in [0.15, 0.2) is 0 Å². The second kappa shape index (κ2) is 6.90. The molecule has 0 spiro atoms. The number of nitrogens with zero attached hydrogens (tertiary/aromatic N) is 2. The van der Waals surface area contributed by atoms with Crippen molar-refractivity contribution in [2.75, 3.05) is 0 Å². The zero-order valence-electron chi connectivity index (χ0n) is 14.7. The standard InChI is InChI=1S/C19H25N3O2S/c1-12-6-2-4-8-14(12)21-16(23)10-22-11-20-18-17(19(22)24)13-7-3-5-9-15(13)25-18/h11-12,14H,2-10H2,1H3,(H,21,23). The van der Waals surface area contributed by atoms with Crippen LogP contribution in [0.2, 0.25) is 0 Å². The van der Waals surface area contributed by atoms with Crippen LogP contribution in [0, 0.1) is 5.92 Å².